The van der Waals surface area contributed by atoms with Gasteiger partial charge in [0.1, 0.15) is 6.04 Å². The number of amides is 2. The number of benzene rings is 1. The molecular formula is C21H26ClN3O3. The zero-order valence-corrected chi connectivity index (χ0v) is 17.2. The average molecular weight is 404 g/mol. The predicted octanol–water partition coefficient (Wildman–Crippen LogP) is 4.15. The minimum absolute atomic E-state index is 0.0347. The molecule has 1 aromatic carbocycles. The highest BCUT2D eigenvalue weighted by atomic mass is 35.5. The largest absolute Gasteiger partial charge is 0.355 e. The zero-order chi connectivity index (χ0) is 20.3. The number of halogens is 1. The van der Waals surface area contributed by atoms with Gasteiger partial charge in [0, 0.05) is 29.2 Å². The van der Waals surface area contributed by atoms with Crippen molar-refractivity contribution in [2.45, 2.75) is 52.1 Å². The number of carbonyl (C=O) groups excluding carboxylic acids is 2. The van der Waals surface area contributed by atoms with E-state index in [1.807, 2.05) is 26.0 Å². The molecule has 7 heteroatoms. The quantitative estimate of drug-likeness (QED) is 0.786. The average Bonchev–Trinajstić information content (AvgIpc) is 3.14. The van der Waals surface area contributed by atoms with Crippen LogP contribution in [0.4, 0.5) is 0 Å². The molecule has 1 aliphatic heterocycles. The molecule has 1 fully saturated rings. The first-order valence-corrected chi connectivity index (χ1v) is 10.1. The molecule has 0 spiro atoms. The number of aromatic nitrogens is 1. The third-order valence-corrected chi connectivity index (χ3v) is 5.14. The van der Waals surface area contributed by atoms with Crippen molar-refractivity contribution in [1.29, 1.82) is 0 Å². The second-order valence-corrected chi connectivity index (χ2v) is 8.12. The predicted molar refractivity (Wildman–Crippen MR) is 108 cm³/mol. The molecule has 28 heavy (non-hydrogen) atoms. The standard InChI is InChI=1S/C21H26ClN3O3/c1-4-5-16-12-25(18(10-13(2)3)20(26)23-16)21(27)17-11-19(28-24-17)14-6-8-15(22)9-7-14/h6-9,11,13,16,18H,4-5,10,12H2,1-3H3,(H,23,26). The first kappa shape index (κ1) is 20.4. The molecule has 0 aliphatic carbocycles. The maximum Gasteiger partial charge on any atom is 0.276 e. The lowest BCUT2D eigenvalue weighted by Gasteiger charge is -2.39. The summed E-state index contributed by atoms with van der Waals surface area (Å²) in [6.45, 7) is 6.64. The molecule has 1 aromatic heterocycles. The van der Waals surface area contributed by atoms with Gasteiger partial charge in [-0.2, -0.15) is 0 Å². The van der Waals surface area contributed by atoms with Crippen LogP contribution in [0.15, 0.2) is 34.9 Å². The van der Waals surface area contributed by atoms with Crippen LogP contribution in [0.3, 0.4) is 0 Å². The van der Waals surface area contributed by atoms with Gasteiger partial charge in [-0.05, 0) is 43.0 Å². The third kappa shape index (κ3) is 4.55. The number of rotatable bonds is 6. The first-order valence-electron chi connectivity index (χ1n) is 9.73. The summed E-state index contributed by atoms with van der Waals surface area (Å²) in [5.74, 6) is 0.418. The maximum atomic E-state index is 13.2. The monoisotopic (exact) mass is 403 g/mol. The maximum absolute atomic E-state index is 13.2. The molecule has 2 heterocycles. The Morgan fingerprint density at radius 2 is 2.07 bits per heavy atom. The lowest BCUT2D eigenvalue weighted by molar-refractivity contribution is -0.130. The van der Waals surface area contributed by atoms with E-state index < -0.39 is 6.04 Å². The molecule has 2 aromatic rings. The highest BCUT2D eigenvalue weighted by molar-refractivity contribution is 6.30. The highest BCUT2D eigenvalue weighted by Gasteiger charge is 2.38. The van der Waals surface area contributed by atoms with Crippen molar-refractivity contribution < 1.29 is 14.1 Å². The van der Waals surface area contributed by atoms with Crippen LogP contribution in [-0.4, -0.2) is 40.5 Å². The lowest BCUT2D eigenvalue weighted by Crippen LogP contribution is -2.61. The Hall–Kier alpha value is -2.34. The molecule has 1 aliphatic rings. The Morgan fingerprint density at radius 3 is 2.71 bits per heavy atom. The van der Waals surface area contributed by atoms with Gasteiger partial charge >= 0.3 is 0 Å². The van der Waals surface area contributed by atoms with Gasteiger partial charge in [-0.3, -0.25) is 9.59 Å². The summed E-state index contributed by atoms with van der Waals surface area (Å²) >= 11 is 5.92. The Kier molecular flexibility index (Phi) is 6.39. The van der Waals surface area contributed by atoms with Gasteiger partial charge in [-0.1, -0.05) is 43.9 Å². The van der Waals surface area contributed by atoms with Crippen LogP contribution in [-0.2, 0) is 4.79 Å². The molecule has 3 rings (SSSR count). The van der Waals surface area contributed by atoms with Gasteiger partial charge in [0.15, 0.2) is 11.5 Å². The molecule has 2 unspecified atom stereocenters. The van der Waals surface area contributed by atoms with Gasteiger partial charge in [0.25, 0.3) is 5.91 Å². The lowest BCUT2D eigenvalue weighted by atomic mass is 9.96. The van der Waals surface area contributed by atoms with Gasteiger partial charge in [0.2, 0.25) is 5.91 Å². The van der Waals surface area contributed by atoms with Crippen LogP contribution in [0.1, 0.15) is 50.5 Å². The minimum atomic E-state index is -0.490. The van der Waals surface area contributed by atoms with Crippen LogP contribution >= 0.6 is 11.6 Å². The molecule has 6 nitrogen and oxygen atoms in total. The van der Waals surface area contributed by atoms with E-state index in [0.29, 0.717) is 23.7 Å². The molecular weight excluding hydrogens is 378 g/mol. The molecule has 2 amide bonds. The van der Waals surface area contributed by atoms with E-state index in [2.05, 4.69) is 17.4 Å². The number of carbonyl (C=O) groups is 2. The summed E-state index contributed by atoms with van der Waals surface area (Å²) in [4.78, 5) is 27.5. The topological polar surface area (TPSA) is 75.4 Å². The fourth-order valence-corrected chi connectivity index (χ4v) is 3.67. The van der Waals surface area contributed by atoms with Crippen molar-refractivity contribution in [3.05, 3.63) is 41.0 Å². The van der Waals surface area contributed by atoms with Crippen LogP contribution in [0, 0.1) is 5.92 Å². The van der Waals surface area contributed by atoms with Crippen molar-refractivity contribution in [1.82, 2.24) is 15.4 Å². The molecule has 0 saturated carbocycles. The SMILES string of the molecule is CCCC1CN(C(=O)c2cc(-c3ccc(Cl)cc3)on2)C(CC(C)C)C(=O)N1. The smallest absolute Gasteiger partial charge is 0.276 e. The van der Waals surface area contributed by atoms with E-state index in [0.717, 1.165) is 18.4 Å². The van der Waals surface area contributed by atoms with Crippen LogP contribution in [0.2, 0.25) is 5.02 Å². The fourth-order valence-electron chi connectivity index (χ4n) is 3.54. The zero-order valence-electron chi connectivity index (χ0n) is 16.4. The van der Waals surface area contributed by atoms with Crippen molar-refractivity contribution in [3.8, 4) is 11.3 Å². The molecule has 1 saturated heterocycles. The van der Waals surface area contributed by atoms with E-state index >= 15 is 0 Å². The number of nitrogens with one attached hydrogen (secondary N) is 1. The summed E-state index contributed by atoms with van der Waals surface area (Å²) in [5.41, 5.74) is 0.999. The van der Waals surface area contributed by atoms with E-state index in [-0.39, 0.29) is 29.5 Å². The van der Waals surface area contributed by atoms with Crippen molar-refractivity contribution in [3.63, 3.8) is 0 Å². The van der Waals surface area contributed by atoms with E-state index in [4.69, 9.17) is 16.1 Å². The summed E-state index contributed by atoms with van der Waals surface area (Å²) in [6.07, 6.45) is 2.38. The van der Waals surface area contributed by atoms with E-state index in [1.54, 1.807) is 23.1 Å². The molecule has 2 atom stereocenters. The summed E-state index contributed by atoms with van der Waals surface area (Å²) in [7, 11) is 0. The highest BCUT2D eigenvalue weighted by Crippen LogP contribution is 2.25. The Morgan fingerprint density at radius 1 is 1.36 bits per heavy atom. The fraction of sp³-hybridized carbons (Fsp3) is 0.476. The minimum Gasteiger partial charge on any atom is -0.355 e. The number of hydrogen-bond donors (Lipinski definition) is 1. The van der Waals surface area contributed by atoms with Gasteiger partial charge in [0.05, 0.1) is 0 Å². The number of hydrogen-bond acceptors (Lipinski definition) is 4. The van der Waals surface area contributed by atoms with Crippen molar-refractivity contribution in [2.24, 2.45) is 5.92 Å². The molecule has 150 valence electrons. The van der Waals surface area contributed by atoms with E-state index in [1.165, 1.54) is 0 Å². The van der Waals surface area contributed by atoms with Crippen LogP contribution in [0.25, 0.3) is 11.3 Å². The Bertz CT molecular complexity index is 832. The first-order chi connectivity index (χ1) is 13.4. The van der Waals surface area contributed by atoms with Gasteiger partial charge in [-0.25, -0.2) is 0 Å². The second-order valence-electron chi connectivity index (χ2n) is 7.68. The van der Waals surface area contributed by atoms with Crippen LogP contribution in [0.5, 0.6) is 0 Å². The second kappa shape index (κ2) is 8.78. The molecule has 0 radical (unpaired) electrons. The Labute approximate surface area is 170 Å². The summed E-state index contributed by atoms with van der Waals surface area (Å²) in [5, 5.41) is 7.65. The van der Waals surface area contributed by atoms with Crippen molar-refractivity contribution in [2.75, 3.05) is 6.54 Å². The van der Waals surface area contributed by atoms with E-state index in [9.17, 15) is 9.59 Å². The van der Waals surface area contributed by atoms with Gasteiger partial charge < -0.3 is 14.7 Å². The summed E-state index contributed by atoms with van der Waals surface area (Å²) < 4.78 is 5.38. The van der Waals surface area contributed by atoms with Crippen LogP contribution < -0.4 is 5.32 Å². The number of piperazine rings is 1. The Balaban J connectivity index is 1.84. The third-order valence-electron chi connectivity index (χ3n) is 4.89. The summed E-state index contributed by atoms with van der Waals surface area (Å²) in [6, 6.07) is 8.23. The van der Waals surface area contributed by atoms with Crippen molar-refractivity contribution >= 4 is 23.4 Å². The van der Waals surface area contributed by atoms with Gasteiger partial charge in [-0.15, -0.1) is 0 Å². The molecule has 0 bridgehead atoms. The molecule has 1 N–H and O–H groups in total. The normalized spacial score (nSPS) is 19.8. The number of nitrogens with zero attached hydrogens (tertiary/aromatic N) is 2.